The average molecular weight is 997 g/mol. The van der Waals surface area contributed by atoms with E-state index < -0.39 is 5.41 Å². The van der Waals surface area contributed by atoms with Crippen LogP contribution >= 0.6 is 0 Å². The van der Waals surface area contributed by atoms with Crippen molar-refractivity contribution in [1.82, 2.24) is 0 Å². The van der Waals surface area contributed by atoms with Gasteiger partial charge in [-0.2, -0.15) is 0 Å². The first-order valence-electron chi connectivity index (χ1n) is 27.1. The van der Waals surface area contributed by atoms with Crippen LogP contribution < -0.4 is 10.6 Å². The van der Waals surface area contributed by atoms with E-state index in [0.717, 1.165) is 45.0 Å². The van der Waals surface area contributed by atoms with Crippen LogP contribution in [0.25, 0.3) is 77.9 Å². The van der Waals surface area contributed by atoms with E-state index in [4.69, 9.17) is 0 Å². The molecule has 0 saturated heterocycles. The number of rotatable bonds is 11. The van der Waals surface area contributed by atoms with Crippen molar-refractivity contribution in [3.63, 3.8) is 0 Å². The first kappa shape index (κ1) is 46.7. The SMILES string of the molecule is CC1(C)c2ccccc2-c2cc(-c3cccc(C4(c5ccccc5)c5ccccc5-c5ccc(Nc6cc(-c7ccccc7)cc(-c7ccccc7)c6)cc54)c3)c(Nc3ccc(-c4ccc(-c5ccccc5)cc4)cc3)cc21. The first-order chi connectivity index (χ1) is 38.4. The summed E-state index contributed by atoms with van der Waals surface area (Å²) in [5, 5.41) is 7.93. The van der Waals surface area contributed by atoms with E-state index in [-0.39, 0.29) is 5.41 Å². The number of benzene rings is 12. The van der Waals surface area contributed by atoms with Crippen molar-refractivity contribution in [1.29, 1.82) is 0 Å². The Morgan fingerprint density at radius 2 is 0.692 bits per heavy atom. The third kappa shape index (κ3) is 8.04. The van der Waals surface area contributed by atoms with Crippen LogP contribution in [0.1, 0.15) is 47.2 Å². The fourth-order valence-corrected chi connectivity index (χ4v) is 12.7. The van der Waals surface area contributed by atoms with E-state index in [0.29, 0.717) is 0 Å². The molecule has 1 unspecified atom stereocenters. The quantitative estimate of drug-likeness (QED) is 0.135. The van der Waals surface area contributed by atoms with Crippen LogP contribution in [0, 0.1) is 0 Å². The second-order valence-electron chi connectivity index (χ2n) is 21.4. The lowest BCUT2D eigenvalue weighted by atomic mass is 9.67. The Hall–Kier alpha value is -9.76. The van der Waals surface area contributed by atoms with Gasteiger partial charge in [-0.15, -0.1) is 0 Å². The van der Waals surface area contributed by atoms with Gasteiger partial charge in [0.1, 0.15) is 0 Å². The molecule has 0 fully saturated rings. The third-order valence-electron chi connectivity index (χ3n) is 16.5. The molecule has 2 aliphatic rings. The van der Waals surface area contributed by atoms with Gasteiger partial charge in [0.05, 0.1) is 5.41 Å². The van der Waals surface area contributed by atoms with Gasteiger partial charge in [-0.05, 0) is 166 Å². The Bertz CT molecular complexity index is 4120. The highest BCUT2D eigenvalue weighted by Crippen LogP contribution is 2.58. The lowest BCUT2D eigenvalue weighted by Crippen LogP contribution is -2.28. The monoisotopic (exact) mass is 996 g/mol. The fourth-order valence-electron chi connectivity index (χ4n) is 12.7. The molecule has 0 heterocycles. The van der Waals surface area contributed by atoms with Crippen LogP contribution in [-0.2, 0) is 10.8 Å². The van der Waals surface area contributed by atoms with E-state index >= 15 is 0 Å². The summed E-state index contributed by atoms with van der Waals surface area (Å²) in [5.74, 6) is 0. The van der Waals surface area contributed by atoms with Gasteiger partial charge in [0.2, 0.25) is 0 Å². The molecular weight excluding hydrogens is 941 g/mol. The summed E-state index contributed by atoms with van der Waals surface area (Å²) in [5.41, 5.74) is 27.9. The van der Waals surface area contributed by atoms with E-state index in [1.807, 2.05) is 0 Å². The lowest BCUT2D eigenvalue weighted by Gasteiger charge is -2.34. The molecule has 2 aliphatic carbocycles. The Balaban J connectivity index is 0.898. The molecule has 12 aromatic rings. The summed E-state index contributed by atoms with van der Waals surface area (Å²) in [6, 6.07) is 107. The van der Waals surface area contributed by atoms with E-state index in [1.54, 1.807) is 0 Å². The summed E-state index contributed by atoms with van der Waals surface area (Å²) >= 11 is 0. The zero-order valence-corrected chi connectivity index (χ0v) is 43.7. The first-order valence-corrected chi connectivity index (χ1v) is 27.1. The summed E-state index contributed by atoms with van der Waals surface area (Å²) in [7, 11) is 0. The van der Waals surface area contributed by atoms with Crippen LogP contribution in [0.4, 0.5) is 22.7 Å². The van der Waals surface area contributed by atoms with Gasteiger partial charge in [0.15, 0.2) is 0 Å². The van der Waals surface area contributed by atoms with Crippen molar-refractivity contribution >= 4 is 22.7 Å². The van der Waals surface area contributed by atoms with Gasteiger partial charge in [0, 0.05) is 33.7 Å². The molecule has 1 atom stereocenters. The third-order valence-corrected chi connectivity index (χ3v) is 16.5. The molecule has 0 spiro atoms. The highest BCUT2D eigenvalue weighted by molar-refractivity contribution is 5.94. The zero-order valence-electron chi connectivity index (χ0n) is 43.7. The standard InChI is InChI=1S/C76H56N2/c1-75(2)70-32-17-15-31-66(70)69-49-68(74(50-72(69)75)78-62-40-38-56(39-41-62)55-36-34-54(35-37-55)51-20-7-3-8-21-51)57-26-19-29-61(45-57)76(60-27-13-6-14-28-60)71-33-18-16-30-65(71)67-43-42-63(48-73(67)76)77-64-46-58(52-22-9-4-10-23-52)44-59(47-64)53-24-11-5-12-25-53/h3-50,77-78H,1-2H3. The summed E-state index contributed by atoms with van der Waals surface area (Å²) in [4.78, 5) is 0. The maximum atomic E-state index is 3.99. The smallest absolute Gasteiger partial charge is 0.0714 e. The second-order valence-corrected chi connectivity index (χ2v) is 21.4. The molecule has 370 valence electrons. The van der Waals surface area contributed by atoms with Crippen molar-refractivity contribution in [2.24, 2.45) is 0 Å². The molecule has 0 aromatic heterocycles. The van der Waals surface area contributed by atoms with E-state index in [2.05, 4.69) is 316 Å². The van der Waals surface area contributed by atoms with Crippen molar-refractivity contribution in [3.05, 3.63) is 325 Å². The van der Waals surface area contributed by atoms with Crippen LogP contribution in [-0.4, -0.2) is 0 Å². The normalized spacial score (nSPS) is 14.4. The van der Waals surface area contributed by atoms with Crippen LogP contribution in [0.5, 0.6) is 0 Å². The molecule has 0 bridgehead atoms. The largest absolute Gasteiger partial charge is 0.355 e. The van der Waals surface area contributed by atoms with Crippen molar-refractivity contribution < 1.29 is 0 Å². The Labute approximate surface area is 458 Å². The average Bonchev–Trinajstić information content (AvgIpc) is 4.11. The summed E-state index contributed by atoms with van der Waals surface area (Å²) in [6.07, 6.45) is 0. The zero-order chi connectivity index (χ0) is 52.2. The van der Waals surface area contributed by atoms with Crippen LogP contribution in [0.15, 0.2) is 291 Å². The Morgan fingerprint density at radius 1 is 0.231 bits per heavy atom. The number of fused-ring (bicyclic) bond motifs is 6. The molecule has 78 heavy (non-hydrogen) atoms. The van der Waals surface area contributed by atoms with E-state index in [9.17, 15) is 0 Å². The molecule has 0 radical (unpaired) electrons. The van der Waals surface area contributed by atoms with Crippen molar-refractivity contribution in [2.75, 3.05) is 10.6 Å². The van der Waals surface area contributed by atoms with Gasteiger partial charge >= 0.3 is 0 Å². The minimum absolute atomic E-state index is 0.176. The van der Waals surface area contributed by atoms with Gasteiger partial charge in [-0.1, -0.05) is 244 Å². The molecular formula is C76H56N2. The lowest BCUT2D eigenvalue weighted by molar-refractivity contribution is 0.660. The number of hydrogen-bond donors (Lipinski definition) is 2. The summed E-state index contributed by atoms with van der Waals surface area (Å²) < 4.78 is 0. The van der Waals surface area contributed by atoms with Gasteiger partial charge in [-0.3, -0.25) is 0 Å². The maximum absolute atomic E-state index is 3.99. The Morgan fingerprint density at radius 3 is 1.31 bits per heavy atom. The molecule has 0 aliphatic heterocycles. The van der Waals surface area contributed by atoms with Gasteiger partial charge in [0.25, 0.3) is 0 Å². The van der Waals surface area contributed by atoms with Crippen molar-refractivity contribution in [2.45, 2.75) is 24.7 Å². The molecule has 14 rings (SSSR count). The van der Waals surface area contributed by atoms with Crippen molar-refractivity contribution in [3.8, 4) is 77.9 Å². The van der Waals surface area contributed by atoms with Gasteiger partial charge < -0.3 is 10.6 Å². The number of nitrogens with one attached hydrogen (secondary N) is 2. The molecule has 2 N–H and O–H groups in total. The summed E-state index contributed by atoms with van der Waals surface area (Å²) in [6.45, 7) is 4.73. The topological polar surface area (TPSA) is 24.1 Å². The predicted octanol–water partition coefficient (Wildman–Crippen LogP) is 20.2. The maximum Gasteiger partial charge on any atom is 0.0714 e. The molecule has 2 heteroatoms. The number of anilines is 4. The van der Waals surface area contributed by atoms with Crippen LogP contribution in [0.3, 0.4) is 0 Å². The molecule has 12 aromatic carbocycles. The minimum atomic E-state index is -0.643. The van der Waals surface area contributed by atoms with Crippen LogP contribution in [0.2, 0.25) is 0 Å². The molecule has 2 nitrogen and oxygen atoms in total. The fraction of sp³-hybridized carbons (Fsp3) is 0.0526. The highest BCUT2D eigenvalue weighted by Gasteiger charge is 2.46. The number of hydrogen-bond acceptors (Lipinski definition) is 2. The molecule has 0 amide bonds. The second kappa shape index (κ2) is 19.1. The highest BCUT2D eigenvalue weighted by atomic mass is 14.9. The Kier molecular flexibility index (Phi) is 11.5. The van der Waals surface area contributed by atoms with Gasteiger partial charge in [-0.25, -0.2) is 0 Å². The minimum Gasteiger partial charge on any atom is -0.355 e. The predicted molar refractivity (Wildman–Crippen MR) is 328 cm³/mol. The van der Waals surface area contributed by atoms with E-state index in [1.165, 1.54) is 89.0 Å². The molecule has 0 saturated carbocycles.